The lowest BCUT2D eigenvalue weighted by Crippen LogP contribution is -2.55. The number of ether oxygens (including phenoxy) is 2. The molecule has 168 valence electrons. The van der Waals surface area contributed by atoms with Gasteiger partial charge in [-0.1, -0.05) is 56.3 Å². The molecule has 1 aliphatic rings. The van der Waals surface area contributed by atoms with Gasteiger partial charge in [0, 0.05) is 0 Å². The Labute approximate surface area is 189 Å². The van der Waals surface area contributed by atoms with Crippen LogP contribution in [0.1, 0.15) is 45.7 Å². The van der Waals surface area contributed by atoms with Crippen molar-refractivity contribution >= 4 is 23.8 Å². The summed E-state index contributed by atoms with van der Waals surface area (Å²) >= 11 is 0. The van der Waals surface area contributed by atoms with Gasteiger partial charge in [0.05, 0.1) is 18.9 Å². The van der Waals surface area contributed by atoms with Crippen molar-refractivity contribution < 1.29 is 19.1 Å². The zero-order valence-corrected chi connectivity index (χ0v) is 19.5. The molecule has 0 spiro atoms. The predicted octanol–water partition coefficient (Wildman–Crippen LogP) is 5.33. The van der Waals surface area contributed by atoms with Gasteiger partial charge < -0.3 is 9.47 Å². The second-order valence-corrected chi connectivity index (χ2v) is 9.01. The molecule has 0 aliphatic carbocycles. The third kappa shape index (κ3) is 5.25. The first-order chi connectivity index (χ1) is 15.1. The lowest BCUT2D eigenvalue weighted by atomic mass is 9.90. The fourth-order valence-electron chi connectivity index (χ4n) is 3.53. The SMILES string of the molecule is COc1ccc(/C=C2\N=C(c3ccccc3)[C@H](C(C)C)N(C(=O)OC(C)(C)C)C2=O)cc1. The Kier molecular flexibility index (Phi) is 6.82. The third-order valence-corrected chi connectivity index (χ3v) is 4.95. The molecule has 0 saturated heterocycles. The van der Waals surface area contributed by atoms with Crippen LogP contribution in [-0.2, 0) is 9.53 Å². The molecule has 2 aromatic rings. The van der Waals surface area contributed by atoms with Crippen LogP contribution in [-0.4, -0.2) is 41.4 Å². The van der Waals surface area contributed by atoms with Crippen LogP contribution in [0.3, 0.4) is 0 Å². The first-order valence-corrected chi connectivity index (χ1v) is 10.7. The van der Waals surface area contributed by atoms with E-state index in [0.29, 0.717) is 11.5 Å². The van der Waals surface area contributed by atoms with Gasteiger partial charge in [-0.05, 0) is 56.0 Å². The number of nitrogens with zero attached hydrogens (tertiary/aromatic N) is 2. The van der Waals surface area contributed by atoms with Crippen LogP contribution in [0.4, 0.5) is 4.79 Å². The molecule has 0 saturated carbocycles. The molecule has 1 aliphatic heterocycles. The molecular weight excluding hydrogens is 404 g/mol. The maximum absolute atomic E-state index is 13.5. The van der Waals surface area contributed by atoms with Crippen LogP contribution in [0.5, 0.6) is 5.75 Å². The van der Waals surface area contributed by atoms with E-state index in [2.05, 4.69) is 0 Å². The van der Waals surface area contributed by atoms with Gasteiger partial charge in [-0.15, -0.1) is 0 Å². The number of rotatable bonds is 4. The number of methoxy groups -OCH3 is 1. The normalized spacial score (nSPS) is 18.0. The van der Waals surface area contributed by atoms with E-state index in [0.717, 1.165) is 11.1 Å². The van der Waals surface area contributed by atoms with Crippen molar-refractivity contribution in [2.24, 2.45) is 10.9 Å². The molecule has 3 rings (SSSR count). The summed E-state index contributed by atoms with van der Waals surface area (Å²) in [6.07, 6.45) is 1.00. The summed E-state index contributed by atoms with van der Waals surface area (Å²) in [5.41, 5.74) is 1.73. The van der Waals surface area contributed by atoms with Crippen molar-refractivity contribution in [3.8, 4) is 5.75 Å². The van der Waals surface area contributed by atoms with Crippen LogP contribution < -0.4 is 4.74 Å². The number of carbonyl (C=O) groups excluding carboxylic acids is 2. The van der Waals surface area contributed by atoms with E-state index < -0.39 is 23.6 Å². The van der Waals surface area contributed by atoms with E-state index in [-0.39, 0.29) is 11.6 Å². The molecule has 0 fully saturated rings. The smallest absolute Gasteiger partial charge is 0.418 e. The molecule has 32 heavy (non-hydrogen) atoms. The lowest BCUT2D eigenvalue weighted by molar-refractivity contribution is -0.128. The molecule has 0 aromatic heterocycles. The molecular formula is C26H30N2O4. The van der Waals surface area contributed by atoms with E-state index in [1.54, 1.807) is 34.0 Å². The van der Waals surface area contributed by atoms with E-state index in [4.69, 9.17) is 14.5 Å². The molecule has 2 aromatic carbocycles. The standard InChI is InChI=1S/C26H30N2O4/c1-17(2)23-22(19-10-8-7-9-11-19)27-21(16-18-12-14-20(31-6)15-13-18)24(29)28(23)25(30)32-26(3,4)5/h7-17,23H,1-6H3/b21-16-/t23-/m0/s1. The zero-order chi connectivity index (χ0) is 23.5. The predicted molar refractivity (Wildman–Crippen MR) is 126 cm³/mol. The van der Waals surface area contributed by atoms with E-state index >= 15 is 0 Å². The van der Waals surface area contributed by atoms with Gasteiger partial charge in [-0.3, -0.25) is 4.79 Å². The van der Waals surface area contributed by atoms with Gasteiger partial charge in [-0.2, -0.15) is 0 Å². The number of hydrogen-bond donors (Lipinski definition) is 0. The molecule has 1 atom stereocenters. The number of aliphatic imine (C=N–C) groups is 1. The lowest BCUT2D eigenvalue weighted by Gasteiger charge is -2.38. The molecule has 0 bridgehead atoms. The highest BCUT2D eigenvalue weighted by molar-refractivity contribution is 6.18. The molecule has 1 heterocycles. The quantitative estimate of drug-likeness (QED) is 0.610. The largest absolute Gasteiger partial charge is 0.497 e. The average molecular weight is 435 g/mol. The summed E-state index contributed by atoms with van der Waals surface area (Å²) in [6.45, 7) is 9.27. The molecule has 6 heteroatoms. The van der Waals surface area contributed by atoms with Crippen molar-refractivity contribution in [1.29, 1.82) is 0 Å². The third-order valence-electron chi connectivity index (χ3n) is 4.95. The van der Waals surface area contributed by atoms with Gasteiger partial charge in [0.2, 0.25) is 0 Å². The van der Waals surface area contributed by atoms with Crippen molar-refractivity contribution in [3.63, 3.8) is 0 Å². The van der Waals surface area contributed by atoms with Crippen molar-refractivity contribution in [2.45, 2.75) is 46.3 Å². The number of imide groups is 1. The summed E-state index contributed by atoms with van der Waals surface area (Å²) in [4.78, 5) is 32.6. The van der Waals surface area contributed by atoms with Gasteiger partial charge >= 0.3 is 6.09 Å². The van der Waals surface area contributed by atoms with Crippen molar-refractivity contribution in [3.05, 3.63) is 71.4 Å². The Hall–Kier alpha value is -3.41. The Morgan fingerprint density at radius 3 is 2.22 bits per heavy atom. The van der Waals surface area contributed by atoms with E-state index in [1.165, 1.54) is 4.90 Å². The Bertz CT molecular complexity index is 1030. The average Bonchev–Trinajstić information content (AvgIpc) is 2.74. The second-order valence-electron chi connectivity index (χ2n) is 9.01. The summed E-state index contributed by atoms with van der Waals surface area (Å²) < 4.78 is 10.8. The van der Waals surface area contributed by atoms with E-state index in [9.17, 15) is 9.59 Å². The van der Waals surface area contributed by atoms with Crippen LogP contribution >= 0.6 is 0 Å². The van der Waals surface area contributed by atoms with Crippen LogP contribution in [0, 0.1) is 5.92 Å². The molecule has 2 amide bonds. The highest BCUT2D eigenvalue weighted by Crippen LogP contribution is 2.29. The monoisotopic (exact) mass is 434 g/mol. The molecule has 0 radical (unpaired) electrons. The Morgan fingerprint density at radius 1 is 1.06 bits per heavy atom. The topological polar surface area (TPSA) is 68.2 Å². The molecule has 6 nitrogen and oxygen atoms in total. The summed E-state index contributed by atoms with van der Waals surface area (Å²) in [5, 5.41) is 0. The number of amides is 2. The summed E-state index contributed by atoms with van der Waals surface area (Å²) in [7, 11) is 1.60. The number of benzene rings is 2. The van der Waals surface area contributed by atoms with E-state index in [1.807, 2.05) is 68.4 Å². The fraction of sp³-hybridized carbons (Fsp3) is 0.346. The minimum absolute atomic E-state index is 0.0621. The highest BCUT2D eigenvalue weighted by atomic mass is 16.6. The van der Waals surface area contributed by atoms with Gasteiger partial charge in [0.15, 0.2) is 0 Å². The van der Waals surface area contributed by atoms with Gasteiger partial charge in [-0.25, -0.2) is 14.7 Å². The zero-order valence-electron chi connectivity index (χ0n) is 19.5. The first-order valence-electron chi connectivity index (χ1n) is 10.7. The van der Waals surface area contributed by atoms with Crippen LogP contribution in [0.25, 0.3) is 6.08 Å². The van der Waals surface area contributed by atoms with Crippen molar-refractivity contribution in [2.75, 3.05) is 7.11 Å². The maximum atomic E-state index is 13.5. The summed E-state index contributed by atoms with van der Waals surface area (Å²) in [5.74, 6) is 0.173. The Balaban J connectivity index is 2.15. The number of carbonyl (C=O) groups is 2. The second kappa shape index (κ2) is 9.39. The van der Waals surface area contributed by atoms with Gasteiger partial charge in [0.1, 0.15) is 17.0 Å². The first kappa shape index (κ1) is 23.3. The highest BCUT2D eigenvalue weighted by Gasteiger charge is 2.43. The van der Waals surface area contributed by atoms with Crippen LogP contribution in [0.15, 0.2) is 65.3 Å². The Morgan fingerprint density at radius 2 is 1.69 bits per heavy atom. The maximum Gasteiger partial charge on any atom is 0.418 e. The minimum atomic E-state index is -0.736. The van der Waals surface area contributed by atoms with Crippen molar-refractivity contribution in [1.82, 2.24) is 4.90 Å². The van der Waals surface area contributed by atoms with Gasteiger partial charge in [0.25, 0.3) is 5.91 Å². The summed E-state index contributed by atoms with van der Waals surface area (Å²) in [6, 6.07) is 16.4. The van der Waals surface area contributed by atoms with Crippen LogP contribution in [0.2, 0.25) is 0 Å². The molecule has 0 unspecified atom stereocenters. The minimum Gasteiger partial charge on any atom is -0.497 e. The number of hydrogen-bond acceptors (Lipinski definition) is 5. The fourth-order valence-corrected chi connectivity index (χ4v) is 3.53. The molecule has 0 N–H and O–H groups in total.